The molecule has 3 heteroatoms. The van der Waals surface area contributed by atoms with Gasteiger partial charge in [0.1, 0.15) is 0 Å². The Labute approximate surface area is 64.4 Å². The molecule has 1 aromatic rings. The molecule has 0 amide bonds. The largest absolute Gasteiger partial charge is 0.352 e. The van der Waals surface area contributed by atoms with E-state index in [9.17, 15) is 0 Å². The first-order valence-corrected chi connectivity index (χ1v) is 3.90. The van der Waals surface area contributed by atoms with E-state index in [4.69, 9.17) is 9.47 Å². The van der Waals surface area contributed by atoms with Gasteiger partial charge in [-0.1, -0.05) is 0 Å². The molecule has 0 aliphatic heterocycles. The Kier molecular flexibility index (Phi) is 2.86. The van der Waals surface area contributed by atoms with E-state index in [0.29, 0.717) is 0 Å². The van der Waals surface area contributed by atoms with E-state index < -0.39 is 0 Å². The van der Waals surface area contributed by atoms with Crippen molar-refractivity contribution < 1.29 is 9.47 Å². The van der Waals surface area contributed by atoms with E-state index in [2.05, 4.69) is 0 Å². The van der Waals surface area contributed by atoms with E-state index in [-0.39, 0.29) is 6.29 Å². The fourth-order valence-corrected chi connectivity index (χ4v) is 1.44. The van der Waals surface area contributed by atoms with Crippen molar-refractivity contribution in [1.82, 2.24) is 0 Å². The molecule has 0 spiro atoms. The number of hydrogen-bond acceptors (Lipinski definition) is 3. The number of thiophene rings is 1. The highest BCUT2D eigenvalue weighted by Gasteiger charge is 2.07. The van der Waals surface area contributed by atoms with Crippen molar-refractivity contribution in [1.29, 1.82) is 0 Å². The van der Waals surface area contributed by atoms with Crippen LogP contribution in [0, 0.1) is 0 Å². The second-order valence-corrected chi connectivity index (χ2v) is 2.64. The standard InChI is InChI=1S/C7H10O2S/c1-8-7(9-2)6-3-4-10-5-6/h3-5,7H,1-2H3. The highest BCUT2D eigenvalue weighted by Crippen LogP contribution is 2.19. The third-order valence-electron chi connectivity index (χ3n) is 1.24. The van der Waals surface area contributed by atoms with Crippen LogP contribution in [0.25, 0.3) is 0 Å². The van der Waals surface area contributed by atoms with Crippen molar-refractivity contribution in [3.63, 3.8) is 0 Å². The molecule has 0 saturated carbocycles. The quantitative estimate of drug-likeness (QED) is 0.627. The molecule has 0 atom stereocenters. The lowest BCUT2D eigenvalue weighted by Gasteiger charge is -2.10. The molecule has 1 rings (SSSR count). The molecule has 56 valence electrons. The van der Waals surface area contributed by atoms with E-state index in [1.165, 1.54) is 0 Å². The molecule has 0 unspecified atom stereocenters. The van der Waals surface area contributed by atoms with Gasteiger partial charge in [-0.25, -0.2) is 0 Å². The van der Waals surface area contributed by atoms with Crippen LogP contribution in [0.2, 0.25) is 0 Å². The van der Waals surface area contributed by atoms with Crippen LogP contribution in [0.4, 0.5) is 0 Å². The fraction of sp³-hybridized carbons (Fsp3) is 0.429. The lowest BCUT2D eigenvalue weighted by Crippen LogP contribution is -2.01. The summed E-state index contributed by atoms with van der Waals surface area (Å²) in [5.74, 6) is 0. The summed E-state index contributed by atoms with van der Waals surface area (Å²) in [6.07, 6.45) is -0.203. The zero-order chi connectivity index (χ0) is 7.40. The topological polar surface area (TPSA) is 18.5 Å². The Morgan fingerprint density at radius 3 is 2.50 bits per heavy atom. The first-order chi connectivity index (χ1) is 4.88. The van der Waals surface area contributed by atoms with Crippen LogP contribution in [-0.2, 0) is 9.47 Å². The molecule has 10 heavy (non-hydrogen) atoms. The zero-order valence-corrected chi connectivity index (χ0v) is 6.85. The minimum Gasteiger partial charge on any atom is -0.352 e. The first kappa shape index (κ1) is 7.72. The number of methoxy groups -OCH3 is 2. The lowest BCUT2D eigenvalue weighted by atomic mass is 10.3. The molecule has 0 aromatic carbocycles. The lowest BCUT2D eigenvalue weighted by molar-refractivity contribution is -0.105. The van der Waals surface area contributed by atoms with Gasteiger partial charge in [-0.3, -0.25) is 0 Å². The van der Waals surface area contributed by atoms with Crippen LogP contribution in [-0.4, -0.2) is 14.2 Å². The Morgan fingerprint density at radius 2 is 2.10 bits per heavy atom. The molecule has 0 saturated heterocycles. The molecule has 1 heterocycles. The molecule has 0 aliphatic rings. The summed E-state index contributed by atoms with van der Waals surface area (Å²) in [6.45, 7) is 0. The van der Waals surface area contributed by atoms with Crippen molar-refractivity contribution >= 4 is 11.3 Å². The van der Waals surface area contributed by atoms with Gasteiger partial charge >= 0.3 is 0 Å². The average Bonchev–Trinajstić information content (AvgIpc) is 2.43. The highest BCUT2D eigenvalue weighted by molar-refractivity contribution is 7.07. The zero-order valence-electron chi connectivity index (χ0n) is 6.03. The smallest absolute Gasteiger partial charge is 0.183 e. The molecule has 1 aromatic heterocycles. The Bertz CT molecular complexity index is 168. The van der Waals surface area contributed by atoms with Crippen LogP contribution < -0.4 is 0 Å². The number of hydrogen-bond donors (Lipinski definition) is 0. The molecule has 0 bridgehead atoms. The summed E-state index contributed by atoms with van der Waals surface area (Å²) in [7, 11) is 3.26. The number of rotatable bonds is 3. The summed E-state index contributed by atoms with van der Waals surface area (Å²) in [4.78, 5) is 0. The van der Waals surface area contributed by atoms with Gasteiger partial charge in [0, 0.05) is 19.8 Å². The minimum absolute atomic E-state index is 0.203. The summed E-state index contributed by atoms with van der Waals surface area (Å²) < 4.78 is 10.1. The van der Waals surface area contributed by atoms with Gasteiger partial charge in [0.2, 0.25) is 0 Å². The Morgan fingerprint density at radius 1 is 1.40 bits per heavy atom. The maximum absolute atomic E-state index is 5.03. The molecular weight excluding hydrogens is 148 g/mol. The van der Waals surface area contributed by atoms with Crippen molar-refractivity contribution in [2.45, 2.75) is 6.29 Å². The molecule has 0 fully saturated rings. The summed E-state index contributed by atoms with van der Waals surface area (Å²) >= 11 is 1.64. The molecule has 0 N–H and O–H groups in total. The van der Waals surface area contributed by atoms with Gasteiger partial charge in [-0.15, -0.1) is 0 Å². The summed E-state index contributed by atoms with van der Waals surface area (Å²) in [5, 5.41) is 4.01. The van der Waals surface area contributed by atoms with E-state index >= 15 is 0 Å². The SMILES string of the molecule is COC(OC)c1ccsc1. The van der Waals surface area contributed by atoms with Gasteiger partial charge in [0.15, 0.2) is 6.29 Å². The highest BCUT2D eigenvalue weighted by atomic mass is 32.1. The Hall–Kier alpha value is -0.380. The second kappa shape index (κ2) is 3.71. The van der Waals surface area contributed by atoms with Crippen molar-refractivity contribution in [3.8, 4) is 0 Å². The second-order valence-electron chi connectivity index (χ2n) is 1.86. The van der Waals surface area contributed by atoms with Gasteiger partial charge in [-0.2, -0.15) is 11.3 Å². The van der Waals surface area contributed by atoms with Crippen LogP contribution in [0.3, 0.4) is 0 Å². The summed E-state index contributed by atoms with van der Waals surface area (Å²) in [6, 6.07) is 1.99. The van der Waals surface area contributed by atoms with Gasteiger partial charge in [0.25, 0.3) is 0 Å². The van der Waals surface area contributed by atoms with Crippen LogP contribution in [0.1, 0.15) is 11.9 Å². The van der Waals surface area contributed by atoms with E-state index in [1.807, 2.05) is 16.8 Å². The molecular formula is C7H10O2S. The maximum atomic E-state index is 5.03. The molecule has 0 radical (unpaired) electrons. The van der Waals surface area contributed by atoms with Gasteiger partial charge in [0.05, 0.1) is 0 Å². The summed E-state index contributed by atoms with van der Waals surface area (Å²) in [5.41, 5.74) is 1.08. The Balaban J connectivity index is 2.64. The predicted octanol–water partition coefficient (Wildman–Crippen LogP) is 2.04. The van der Waals surface area contributed by atoms with Gasteiger partial charge < -0.3 is 9.47 Å². The normalized spacial score (nSPS) is 10.7. The average molecular weight is 158 g/mol. The van der Waals surface area contributed by atoms with Crippen molar-refractivity contribution in [2.75, 3.05) is 14.2 Å². The van der Waals surface area contributed by atoms with Gasteiger partial charge in [-0.05, 0) is 16.8 Å². The van der Waals surface area contributed by atoms with Crippen molar-refractivity contribution in [3.05, 3.63) is 22.4 Å². The third kappa shape index (κ3) is 1.56. The maximum Gasteiger partial charge on any atom is 0.183 e. The number of ether oxygens (including phenoxy) is 2. The first-order valence-electron chi connectivity index (χ1n) is 2.96. The van der Waals surface area contributed by atoms with E-state index in [1.54, 1.807) is 25.6 Å². The van der Waals surface area contributed by atoms with E-state index in [0.717, 1.165) is 5.56 Å². The molecule has 0 aliphatic carbocycles. The van der Waals surface area contributed by atoms with Crippen LogP contribution in [0.15, 0.2) is 16.8 Å². The fourth-order valence-electron chi connectivity index (χ4n) is 0.777. The predicted molar refractivity (Wildman–Crippen MR) is 41.1 cm³/mol. The monoisotopic (exact) mass is 158 g/mol. The van der Waals surface area contributed by atoms with Crippen LogP contribution in [0.5, 0.6) is 0 Å². The molecule has 2 nitrogen and oxygen atoms in total. The third-order valence-corrected chi connectivity index (χ3v) is 1.94. The van der Waals surface area contributed by atoms with Crippen LogP contribution >= 0.6 is 11.3 Å². The minimum atomic E-state index is -0.203. The van der Waals surface area contributed by atoms with Crippen molar-refractivity contribution in [2.24, 2.45) is 0 Å².